The van der Waals surface area contributed by atoms with Gasteiger partial charge in [0, 0.05) is 25.0 Å². The zero-order valence-corrected chi connectivity index (χ0v) is 15.2. The van der Waals surface area contributed by atoms with Crippen LogP contribution >= 0.6 is 0 Å². The number of nitrogens with one attached hydrogen (secondary N) is 1. The van der Waals surface area contributed by atoms with E-state index in [9.17, 15) is 4.79 Å². The summed E-state index contributed by atoms with van der Waals surface area (Å²) in [4.78, 5) is 16.7. The number of hydrogen-bond acceptors (Lipinski definition) is 3. The largest absolute Gasteiger partial charge is 0.323 e. The zero-order valence-electron chi connectivity index (χ0n) is 15.2. The number of rotatable bonds is 6. The Morgan fingerprint density at radius 2 is 1.96 bits per heavy atom. The van der Waals surface area contributed by atoms with E-state index in [2.05, 4.69) is 46.6 Å². The molecular formula is C21H21N5O. The highest BCUT2D eigenvalue weighted by atomic mass is 16.1. The Morgan fingerprint density at radius 1 is 1.11 bits per heavy atom. The third-order valence-electron chi connectivity index (χ3n) is 4.42. The summed E-state index contributed by atoms with van der Waals surface area (Å²) in [7, 11) is 0. The van der Waals surface area contributed by atoms with Crippen molar-refractivity contribution in [2.75, 3.05) is 5.32 Å². The Balaban J connectivity index is 1.33. The lowest BCUT2D eigenvalue weighted by atomic mass is 10.1. The van der Waals surface area contributed by atoms with E-state index in [1.165, 1.54) is 11.1 Å². The minimum absolute atomic E-state index is 0.0112. The molecule has 0 aliphatic carbocycles. The Labute approximate surface area is 157 Å². The van der Waals surface area contributed by atoms with Crippen molar-refractivity contribution >= 4 is 17.2 Å². The second kappa shape index (κ2) is 7.45. The zero-order chi connectivity index (χ0) is 18.6. The lowest BCUT2D eigenvalue weighted by molar-refractivity contribution is -0.116. The van der Waals surface area contributed by atoms with Gasteiger partial charge in [-0.3, -0.25) is 9.48 Å². The first kappa shape index (κ1) is 17.0. The first-order chi connectivity index (χ1) is 13.2. The number of pyridine rings is 1. The van der Waals surface area contributed by atoms with Gasteiger partial charge in [-0.05, 0) is 31.0 Å². The fraction of sp³-hybridized carbons (Fsp3) is 0.190. The summed E-state index contributed by atoms with van der Waals surface area (Å²) < 4.78 is 3.75. The van der Waals surface area contributed by atoms with Crippen molar-refractivity contribution in [1.82, 2.24) is 19.2 Å². The highest BCUT2D eigenvalue weighted by Gasteiger charge is 2.07. The Hall–Kier alpha value is -3.41. The molecule has 3 heterocycles. The molecule has 6 nitrogen and oxygen atoms in total. The third-order valence-corrected chi connectivity index (χ3v) is 4.42. The predicted molar refractivity (Wildman–Crippen MR) is 105 cm³/mol. The monoisotopic (exact) mass is 359 g/mol. The fourth-order valence-electron chi connectivity index (χ4n) is 2.98. The van der Waals surface area contributed by atoms with Crippen LogP contribution in [0.1, 0.15) is 23.2 Å². The lowest BCUT2D eigenvalue weighted by Crippen LogP contribution is -2.11. The molecule has 6 heteroatoms. The summed E-state index contributed by atoms with van der Waals surface area (Å²) in [6, 6.07) is 14.2. The predicted octanol–water partition coefficient (Wildman–Crippen LogP) is 3.46. The van der Waals surface area contributed by atoms with Crippen molar-refractivity contribution in [2.24, 2.45) is 0 Å². The molecule has 0 aliphatic heterocycles. The van der Waals surface area contributed by atoms with Crippen molar-refractivity contribution < 1.29 is 4.79 Å². The molecule has 0 unspecified atom stereocenters. The number of fused-ring (bicyclic) bond motifs is 1. The Morgan fingerprint density at radius 3 is 2.78 bits per heavy atom. The number of aromatic nitrogens is 4. The molecule has 4 aromatic rings. The van der Waals surface area contributed by atoms with Crippen LogP contribution in [-0.2, 0) is 17.8 Å². The average molecular weight is 359 g/mol. The van der Waals surface area contributed by atoms with Crippen LogP contribution in [-0.4, -0.2) is 25.1 Å². The smallest absolute Gasteiger partial charge is 0.224 e. The van der Waals surface area contributed by atoms with E-state index in [-0.39, 0.29) is 5.91 Å². The molecule has 1 N–H and O–H groups in total. The van der Waals surface area contributed by atoms with Gasteiger partial charge in [0.25, 0.3) is 0 Å². The molecule has 0 bridgehead atoms. The maximum atomic E-state index is 12.2. The van der Waals surface area contributed by atoms with Crippen molar-refractivity contribution in [3.05, 3.63) is 84.1 Å². The summed E-state index contributed by atoms with van der Waals surface area (Å²) in [5.74, 6) is -0.0112. The minimum atomic E-state index is -0.0112. The van der Waals surface area contributed by atoms with Gasteiger partial charge in [0.05, 0.1) is 24.1 Å². The van der Waals surface area contributed by atoms with Gasteiger partial charge >= 0.3 is 0 Å². The van der Waals surface area contributed by atoms with Crippen LogP contribution in [0.4, 0.5) is 5.69 Å². The molecule has 0 saturated carbocycles. The molecular weight excluding hydrogens is 338 g/mol. The average Bonchev–Trinajstić information content (AvgIpc) is 3.27. The number of nitrogens with zero attached hydrogens (tertiary/aromatic N) is 4. The van der Waals surface area contributed by atoms with Crippen LogP contribution in [0.15, 0.2) is 67.3 Å². The maximum absolute atomic E-state index is 12.2. The van der Waals surface area contributed by atoms with Crippen LogP contribution < -0.4 is 5.32 Å². The molecule has 0 radical (unpaired) electrons. The highest BCUT2D eigenvalue weighted by Crippen LogP contribution is 2.11. The normalized spacial score (nSPS) is 11.0. The Bertz CT molecular complexity index is 1030. The van der Waals surface area contributed by atoms with Crippen molar-refractivity contribution in [1.29, 1.82) is 0 Å². The topological polar surface area (TPSA) is 64.2 Å². The number of carbonyl (C=O) groups is 1. The number of imidazole rings is 1. The van der Waals surface area contributed by atoms with Crippen LogP contribution in [0.3, 0.4) is 0 Å². The number of carbonyl (C=O) groups excluding carboxylic acids is 1. The van der Waals surface area contributed by atoms with Gasteiger partial charge in [-0.1, -0.05) is 35.9 Å². The number of hydrogen-bond donors (Lipinski definition) is 1. The molecule has 0 spiro atoms. The summed E-state index contributed by atoms with van der Waals surface area (Å²) >= 11 is 0. The molecule has 0 aliphatic rings. The van der Waals surface area contributed by atoms with Gasteiger partial charge in [-0.15, -0.1) is 0 Å². The SMILES string of the molecule is Cc1ccc(CCC(=O)Nc2cnn(Cc3cn4ccccc4n3)c2)cc1. The molecule has 0 saturated heterocycles. The van der Waals surface area contributed by atoms with Gasteiger partial charge in [-0.2, -0.15) is 5.10 Å². The summed E-state index contributed by atoms with van der Waals surface area (Å²) in [5.41, 5.74) is 4.91. The van der Waals surface area contributed by atoms with Gasteiger partial charge in [0.15, 0.2) is 0 Å². The van der Waals surface area contributed by atoms with Crippen LogP contribution in [0.25, 0.3) is 5.65 Å². The minimum Gasteiger partial charge on any atom is -0.323 e. The van der Waals surface area contributed by atoms with E-state index >= 15 is 0 Å². The number of aryl methyl sites for hydroxylation is 2. The second-order valence-electron chi connectivity index (χ2n) is 6.66. The van der Waals surface area contributed by atoms with E-state index in [0.717, 1.165) is 17.8 Å². The first-order valence-electron chi connectivity index (χ1n) is 8.96. The number of amides is 1. The van der Waals surface area contributed by atoms with Crippen molar-refractivity contribution in [2.45, 2.75) is 26.3 Å². The third kappa shape index (κ3) is 4.23. The fourth-order valence-corrected chi connectivity index (χ4v) is 2.98. The Kier molecular flexibility index (Phi) is 4.70. The van der Waals surface area contributed by atoms with Gasteiger partial charge in [-0.25, -0.2) is 4.98 Å². The van der Waals surface area contributed by atoms with E-state index < -0.39 is 0 Å². The van der Waals surface area contributed by atoms with E-state index in [1.807, 2.05) is 41.2 Å². The van der Waals surface area contributed by atoms with E-state index in [4.69, 9.17) is 0 Å². The van der Waals surface area contributed by atoms with Crippen molar-refractivity contribution in [3.8, 4) is 0 Å². The number of benzene rings is 1. The van der Waals surface area contributed by atoms with Crippen molar-refractivity contribution in [3.63, 3.8) is 0 Å². The molecule has 0 fully saturated rings. The standard InChI is InChI=1S/C21H21N5O/c1-16-5-7-17(8-6-16)9-10-21(27)24-18-12-22-26(14-18)15-19-13-25-11-3-2-4-20(25)23-19/h2-8,11-14H,9-10,15H2,1H3,(H,24,27). The molecule has 136 valence electrons. The highest BCUT2D eigenvalue weighted by molar-refractivity contribution is 5.90. The van der Waals surface area contributed by atoms with Crippen LogP contribution in [0.5, 0.6) is 0 Å². The number of anilines is 1. The van der Waals surface area contributed by atoms with Gasteiger partial charge < -0.3 is 9.72 Å². The van der Waals surface area contributed by atoms with E-state index in [1.54, 1.807) is 10.9 Å². The molecule has 1 aromatic carbocycles. The summed E-state index contributed by atoms with van der Waals surface area (Å²) in [6.45, 7) is 2.61. The van der Waals surface area contributed by atoms with Crippen LogP contribution in [0, 0.1) is 6.92 Å². The quantitative estimate of drug-likeness (QED) is 0.573. The van der Waals surface area contributed by atoms with E-state index in [0.29, 0.717) is 18.7 Å². The second-order valence-corrected chi connectivity index (χ2v) is 6.66. The molecule has 27 heavy (non-hydrogen) atoms. The van der Waals surface area contributed by atoms with Gasteiger partial charge in [0.1, 0.15) is 5.65 Å². The molecule has 4 rings (SSSR count). The maximum Gasteiger partial charge on any atom is 0.224 e. The lowest BCUT2D eigenvalue weighted by Gasteiger charge is -2.03. The summed E-state index contributed by atoms with van der Waals surface area (Å²) in [5, 5.41) is 7.22. The molecule has 3 aromatic heterocycles. The first-order valence-corrected chi connectivity index (χ1v) is 8.96. The van der Waals surface area contributed by atoms with Crippen LogP contribution in [0.2, 0.25) is 0 Å². The summed E-state index contributed by atoms with van der Waals surface area (Å²) in [6.07, 6.45) is 8.61. The van der Waals surface area contributed by atoms with Gasteiger partial charge in [0.2, 0.25) is 5.91 Å². The molecule has 1 amide bonds. The molecule has 0 atom stereocenters.